The minimum absolute atomic E-state index is 0.0572. The number of hydrogen-bond acceptors (Lipinski definition) is 5. The van der Waals surface area contributed by atoms with E-state index < -0.39 is 16.1 Å². The molecule has 122 valence electrons. The predicted molar refractivity (Wildman–Crippen MR) is 91.3 cm³/mol. The summed E-state index contributed by atoms with van der Waals surface area (Å²) in [4.78, 5) is 22.4. The average molecular weight is 333 g/mol. The molecule has 0 aliphatic heterocycles. The van der Waals surface area contributed by atoms with E-state index in [2.05, 4.69) is 24.5 Å². The first-order chi connectivity index (χ1) is 10.9. The Morgan fingerprint density at radius 3 is 2.57 bits per heavy atom. The number of carbonyl (C=O) groups is 1. The molecule has 1 aromatic rings. The van der Waals surface area contributed by atoms with Gasteiger partial charge in [0.05, 0.1) is 16.2 Å². The second kappa shape index (κ2) is 8.96. The number of nitrogens with one attached hydrogen (secondary N) is 1. The van der Waals surface area contributed by atoms with E-state index in [4.69, 9.17) is 5.26 Å². The standard InChI is InChI=1S/C16H19N3O3S/c1-3-4-9-18-16(20)15(23)14(11(2)10-17)12-5-7-13(8-6-12)19(21)22/h5-8,14-15,23H,2-4,9H2,1H3,(H,18,20)/t14-,15-/m1/s1. The number of nitro benzene ring substituents is 1. The maximum atomic E-state index is 12.2. The number of hydrogen-bond donors (Lipinski definition) is 2. The largest absolute Gasteiger partial charge is 0.355 e. The summed E-state index contributed by atoms with van der Waals surface area (Å²) in [7, 11) is 0. The molecular formula is C16H19N3O3S. The van der Waals surface area contributed by atoms with Crippen LogP contribution in [0.25, 0.3) is 0 Å². The van der Waals surface area contributed by atoms with Crippen LogP contribution in [0, 0.1) is 21.4 Å². The van der Waals surface area contributed by atoms with E-state index in [1.54, 1.807) is 0 Å². The molecule has 23 heavy (non-hydrogen) atoms. The fraction of sp³-hybridized carbons (Fsp3) is 0.375. The molecular weight excluding hydrogens is 314 g/mol. The Morgan fingerprint density at radius 1 is 1.48 bits per heavy atom. The summed E-state index contributed by atoms with van der Waals surface area (Å²) in [6.45, 7) is 6.24. The zero-order valence-corrected chi connectivity index (χ0v) is 13.8. The van der Waals surface area contributed by atoms with Crippen molar-refractivity contribution in [1.82, 2.24) is 5.32 Å². The number of non-ortho nitro benzene ring substituents is 1. The SMILES string of the molecule is C=C(C#N)[C@H](c1ccc([N+](=O)[O-])cc1)[C@@H](S)C(=O)NCCCC. The number of unbranched alkanes of at least 4 members (excludes halogenated alkanes) is 1. The summed E-state index contributed by atoms with van der Waals surface area (Å²) in [5.41, 5.74) is 0.718. The average Bonchev–Trinajstić information content (AvgIpc) is 2.55. The van der Waals surface area contributed by atoms with Gasteiger partial charge in [0.15, 0.2) is 0 Å². The molecule has 0 radical (unpaired) electrons. The highest BCUT2D eigenvalue weighted by Crippen LogP contribution is 2.31. The van der Waals surface area contributed by atoms with Gasteiger partial charge in [-0.3, -0.25) is 14.9 Å². The Kier molecular flexibility index (Phi) is 7.29. The van der Waals surface area contributed by atoms with Crippen LogP contribution in [0.15, 0.2) is 36.4 Å². The first-order valence-corrected chi connectivity index (χ1v) is 7.73. The topological polar surface area (TPSA) is 96.0 Å². The van der Waals surface area contributed by atoms with Crippen molar-refractivity contribution in [1.29, 1.82) is 5.26 Å². The predicted octanol–water partition coefficient (Wildman–Crippen LogP) is 2.97. The van der Waals surface area contributed by atoms with Crippen molar-refractivity contribution in [3.63, 3.8) is 0 Å². The molecule has 6 nitrogen and oxygen atoms in total. The molecule has 1 N–H and O–H groups in total. The second-order valence-corrected chi connectivity index (χ2v) is 5.61. The number of amides is 1. The molecule has 1 amide bonds. The second-order valence-electron chi connectivity index (χ2n) is 5.05. The number of benzene rings is 1. The zero-order chi connectivity index (χ0) is 17.4. The summed E-state index contributed by atoms with van der Waals surface area (Å²) in [6, 6.07) is 7.66. The first-order valence-electron chi connectivity index (χ1n) is 7.21. The first kappa shape index (κ1) is 18.7. The highest BCUT2D eigenvalue weighted by atomic mass is 32.1. The molecule has 1 aromatic carbocycles. The molecule has 1 rings (SSSR count). The van der Waals surface area contributed by atoms with Gasteiger partial charge in [-0.15, -0.1) is 0 Å². The minimum atomic E-state index is -0.791. The Labute approximate surface area is 140 Å². The van der Waals surface area contributed by atoms with Crippen LogP contribution < -0.4 is 5.32 Å². The van der Waals surface area contributed by atoms with Crippen molar-refractivity contribution in [2.24, 2.45) is 0 Å². The van der Waals surface area contributed by atoms with Gasteiger partial charge >= 0.3 is 0 Å². The molecule has 0 aromatic heterocycles. The van der Waals surface area contributed by atoms with Crippen LogP contribution in [0.5, 0.6) is 0 Å². The van der Waals surface area contributed by atoms with Crippen molar-refractivity contribution in [2.75, 3.05) is 6.54 Å². The lowest BCUT2D eigenvalue weighted by Gasteiger charge is -2.22. The zero-order valence-electron chi connectivity index (χ0n) is 12.9. The summed E-state index contributed by atoms with van der Waals surface area (Å²) < 4.78 is 0. The third-order valence-corrected chi connectivity index (χ3v) is 3.93. The van der Waals surface area contributed by atoms with E-state index in [1.807, 2.05) is 13.0 Å². The monoisotopic (exact) mass is 333 g/mol. The maximum absolute atomic E-state index is 12.2. The van der Waals surface area contributed by atoms with E-state index in [1.165, 1.54) is 24.3 Å². The Hall–Kier alpha value is -2.33. The fourth-order valence-corrected chi connectivity index (χ4v) is 2.53. The summed E-state index contributed by atoms with van der Waals surface area (Å²) >= 11 is 4.34. The van der Waals surface area contributed by atoms with Gasteiger partial charge in [-0.1, -0.05) is 32.1 Å². The van der Waals surface area contributed by atoms with Crippen LogP contribution >= 0.6 is 12.6 Å². The van der Waals surface area contributed by atoms with Gasteiger partial charge in [0.2, 0.25) is 5.91 Å². The maximum Gasteiger partial charge on any atom is 0.269 e. The van der Waals surface area contributed by atoms with Crippen molar-refractivity contribution in [3.8, 4) is 6.07 Å². The molecule has 0 fully saturated rings. The van der Waals surface area contributed by atoms with Crippen molar-refractivity contribution >= 4 is 24.2 Å². The van der Waals surface area contributed by atoms with Crippen LogP contribution in [-0.4, -0.2) is 22.6 Å². The van der Waals surface area contributed by atoms with Crippen LogP contribution in [0.1, 0.15) is 31.2 Å². The van der Waals surface area contributed by atoms with Gasteiger partial charge in [-0.05, 0) is 12.0 Å². The summed E-state index contributed by atoms with van der Waals surface area (Å²) in [5, 5.41) is 21.8. The van der Waals surface area contributed by atoms with Crippen LogP contribution in [0.4, 0.5) is 5.69 Å². The van der Waals surface area contributed by atoms with E-state index in [9.17, 15) is 14.9 Å². The number of nitriles is 1. The fourth-order valence-electron chi connectivity index (χ4n) is 2.09. The number of thiol groups is 1. The van der Waals surface area contributed by atoms with E-state index in [-0.39, 0.29) is 17.2 Å². The van der Waals surface area contributed by atoms with Gasteiger partial charge < -0.3 is 5.32 Å². The third-order valence-electron chi connectivity index (χ3n) is 3.40. The molecule has 7 heteroatoms. The molecule has 0 aliphatic carbocycles. The molecule has 2 atom stereocenters. The van der Waals surface area contributed by atoms with Crippen molar-refractivity contribution in [3.05, 3.63) is 52.1 Å². The molecule has 0 saturated carbocycles. The lowest BCUT2D eigenvalue weighted by atomic mass is 9.88. The van der Waals surface area contributed by atoms with Crippen LogP contribution in [-0.2, 0) is 4.79 Å². The smallest absolute Gasteiger partial charge is 0.269 e. The molecule has 0 spiro atoms. The van der Waals surface area contributed by atoms with E-state index in [0.717, 1.165) is 12.8 Å². The molecule has 0 heterocycles. The third kappa shape index (κ3) is 5.11. The van der Waals surface area contributed by atoms with Crippen molar-refractivity contribution < 1.29 is 9.72 Å². The summed E-state index contributed by atoms with van der Waals surface area (Å²) in [5.74, 6) is -0.924. The van der Waals surface area contributed by atoms with E-state index >= 15 is 0 Å². The Bertz CT molecular complexity index is 622. The number of nitrogens with zero attached hydrogens (tertiary/aromatic N) is 2. The minimum Gasteiger partial charge on any atom is -0.355 e. The number of rotatable bonds is 8. The quantitative estimate of drug-likeness (QED) is 0.251. The highest BCUT2D eigenvalue weighted by molar-refractivity contribution is 7.81. The Morgan fingerprint density at radius 2 is 2.09 bits per heavy atom. The lowest BCUT2D eigenvalue weighted by Crippen LogP contribution is -2.36. The van der Waals surface area contributed by atoms with Gasteiger partial charge in [0.25, 0.3) is 5.69 Å². The molecule has 0 saturated heterocycles. The summed E-state index contributed by atoms with van der Waals surface area (Å²) in [6.07, 6.45) is 1.81. The molecule has 0 aliphatic rings. The lowest BCUT2D eigenvalue weighted by molar-refractivity contribution is -0.384. The van der Waals surface area contributed by atoms with E-state index in [0.29, 0.717) is 12.1 Å². The van der Waals surface area contributed by atoms with Crippen molar-refractivity contribution in [2.45, 2.75) is 30.9 Å². The number of nitro groups is 1. The van der Waals surface area contributed by atoms with Gasteiger partial charge in [0.1, 0.15) is 0 Å². The van der Waals surface area contributed by atoms with Crippen LogP contribution in [0.2, 0.25) is 0 Å². The molecule has 0 bridgehead atoms. The van der Waals surface area contributed by atoms with Crippen LogP contribution in [0.3, 0.4) is 0 Å². The highest BCUT2D eigenvalue weighted by Gasteiger charge is 2.29. The van der Waals surface area contributed by atoms with Gasteiger partial charge in [0, 0.05) is 30.2 Å². The van der Waals surface area contributed by atoms with Gasteiger partial charge in [-0.2, -0.15) is 17.9 Å². The van der Waals surface area contributed by atoms with Gasteiger partial charge in [-0.25, -0.2) is 0 Å². The normalized spacial score (nSPS) is 12.7. The number of allylic oxidation sites excluding steroid dienone is 1. The number of carbonyl (C=O) groups excluding carboxylic acids is 1. The Balaban J connectivity index is 3.00. The molecule has 0 unspecified atom stereocenters.